The van der Waals surface area contributed by atoms with E-state index >= 15 is 0 Å². The van der Waals surface area contributed by atoms with Gasteiger partial charge in [-0.1, -0.05) is 17.3 Å². The van der Waals surface area contributed by atoms with Crippen molar-refractivity contribution in [2.45, 2.75) is 26.8 Å². The smallest absolute Gasteiger partial charge is 0.335 e. The zero-order valence-electron chi connectivity index (χ0n) is 14.0. The summed E-state index contributed by atoms with van der Waals surface area (Å²) >= 11 is 0. The molecule has 6 heteroatoms. The molecule has 3 rings (SSSR count). The summed E-state index contributed by atoms with van der Waals surface area (Å²) in [5, 5.41) is 16.5. The lowest BCUT2D eigenvalue weighted by molar-refractivity contribution is -0.120. The normalized spacial score (nSPS) is 10.8. The molecule has 0 aliphatic carbocycles. The molecular formula is C19H18N2O4. The first-order valence-electron chi connectivity index (χ1n) is 7.88. The zero-order chi connectivity index (χ0) is 18.0. The number of rotatable bonds is 5. The molecule has 0 bridgehead atoms. The van der Waals surface area contributed by atoms with Crippen molar-refractivity contribution in [3.05, 3.63) is 64.3 Å². The van der Waals surface area contributed by atoms with Gasteiger partial charge in [0.15, 0.2) is 5.58 Å². The number of carboxylic acids is 1. The molecule has 0 fully saturated rings. The van der Waals surface area contributed by atoms with Crippen LogP contribution in [0.3, 0.4) is 0 Å². The summed E-state index contributed by atoms with van der Waals surface area (Å²) in [5.41, 5.74) is 4.57. The van der Waals surface area contributed by atoms with Gasteiger partial charge in [0.25, 0.3) is 0 Å². The SMILES string of the molecule is Cc1cc2onc(CC(=O)NCc3ccc(C(=O)O)cc3)c2cc1C. The number of aryl methyl sites for hydroxylation is 2. The molecule has 0 aliphatic heterocycles. The van der Waals surface area contributed by atoms with Crippen molar-refractivity contribution in [2.24, 2.45) is 0 Å². The molecule has 1 heterocycles. The van der Waals surface area contributed by atoms with Gasteiger partial charge >= 0.3 is 5.97 Å². The van der Waals surface area contributed by atoms with E-state index in [0.717, 1.165) is 22.1 Å². The number of benzene rings is 2. The van der Waals surface area contributed by atoms with Crippen molar-refractivity contribution in [1.29, 1.82) is 0 Å². The standard InChI is InChI=1S/C19H18N2O4/c1-11-7-15-16(21-25-17(15)8-12(11)2)9-18(22)20-10-13-3-5-14(6-4-13)19(23)24/h3-8H,9-10H2,1-2H3,(H,20,22)(H,23,24). The van der Waals surface area contributed by atoms with Gasteiger partial charge in [-0.2, -0.15) is 0 Å². The van der Waals surface area contributed by atoms with E-state index in [2.05, 4.69) is 10.5 Å². The Balaban J connectivity index is 1.65. The molecule has 0 saturated heterocycles. The second-order valence-corrected chi connectivity index (χ2v) is 6.02. The summed E-state index contributed by atoms with van der Waals surface area (Å²) < 4.78 is 5.30. The summed E-state index contributed by atoms with van der Waals surface area (Å²) in [6, 6.07) is 10.3. The molecule has 2 N–H and O–H groups in total. The molecule has 0 aliphatic rings. The summed E-state index contributed by atoms with van der Waals surface area (Å²) in [7, 11) is 0. The van der Waals surface area contributed by atoms with Crippen LogP contribution in [0.1, 0.15) is 32.7 Å². The second kappa shape index (κ2) is 6.76. The maximum absolute atomic E-state index is 12.2. The Morgan fingerprint density at radius 1 is 1.12 bits per heavy atom. The van der Waals surface area contributed by atoms with E-state index in [1.54, 1.807) is 12.1 Å². The van der Waals surface area contributed by atoms with Crippen molar-refractivity contribution in [3.8, 4) is 0 Å². The summed E-state index contributed by atoms with van der Waals surface area (Å²) in [6.45, 7) is 4.33. The van der Waals surface area contributed by atoms with Crippen LogP contribution in [0.25, 0.3) is 11.0 Å². The first-order valence-corrected chi connectivity index (χ1v) is 7.88. The van der Waals surface area contributed by atoms with Crippen LogP contribution in [0.4, 0.5) is 0 Å². The third-order valence-electron chi connectivity index (χ3n) is 4.18. The number of nitrogens with zero attached hydrogens (tertiary/aromatic N) is 1. The highest BCUT2D eigenvalue weighted by Crippen LogP contribution is 2.23. The Morgan fingerprint density at radius 2 is 1.80 bits per heavy atom. The average molecular weight is 338 g/mol. The fourth-order valence-corrected chi connectivity index (χ4v) is 2.55. The van der Waals surface area contributed by atoms with E-state index in [0.29, 0.717) is 17.8 Å². The molecule has 2 aromatic carbocycles. The van der Waals surface area contributed by atoms with Crippen molar-refractivity contribution in [2.75, 3.05) is 0 Å². The van der Waals surface area contributed by atoms with Crippen LogP contribution in [0.5, 0.6) is 0 Å². The third kappa shape index (κ3) is 3.68. The molecule has 0 unspecified atom stereocenters. The van der Waals surface area contributed by atoms with E-state index in [1.165, 1.54) is 12.1 Å². The number of carbonyl (C=O) groups is 2. The van der Waals surface area contributed by atoms with Gasteiger partial charge in [0.2, 0.25) is 5.91 Å². The number of nitrogens with one attached hydrogen (secondary N) is 1. The second-order valence-electron chi connectivity index (χ2n) is 6.02. The molecule has 1 amide bonds. The molecule has 0 saturated carbocycles. The van der Waals surface area contributed by atoms with Crippen molar-refractivity contribution < 1.29 is 19.2 Å². The van der Waals surface area contributed by atoms with Crippen LogP contribution in [-0.2, 0) is 17.8 Å². The van der Waals surface area contributed by atoms with E-state index in [-0.39, 0.29) is 17.9 Å². The molecule has 25 heavy (non-hydrogen) atoms. The quantitative estimate of drug-likeness (QED) is 0.746. The van der Waals surface area contributed by atoms with E-state index in [1.807, 2.05) is 26.0 Å². The number of hydrogen-bond acceptors (Lipinski definition) is 4. The number of fused-ring (bicyclic) bond motifs is 1. The Labute approximate surface area is 144 Å². The highest BCUT2D eigenvalue weighted by Gasteiger charge is 2.13. The maximum Gasteiger partial charge on any atom is 0.335 e. The lowest BCUT2D eigenvalue weighted by atomic mass is 10.1. The number of carbonyl (C=O) groups excluding carboxylic acids is 1. The van der Waals surface area contributed by atoms with Gasteiger partial charge in [-0.05, 0) is 54.8 Å². The predicted octanol–water partition coefficient (Wildman–Crippen LogP) is 3.00. The maximum atomic E-state index is 12.2. The van der Waals surface area contributed by atoms with Gasteiger partial charge in [-0.3, -0.25) is 4.79 Å². The topological polar surface area (TPSA) is 92.4 Å². The minimum absolute atomic E-state index is 0.128. The third-order valence-corrected chi connectivity index (χ3v) is 4.18. The van der Waals surface area contributed by atoms with Crippen LogP contribution in [0.2, 0.25) is 0 Å². The Morgan fingerprint density at radius 3 is 2.48 bits per heavy atom. The lowest BCUT2D eigenvalue weighted by Crippen LogP contribution is -2.24. The van der Waals surface area contributed by atoms with Crippen LogP contribution < -0.4 is 5.32 Å². The minimum Gasteiger partial charge on any atom is -0.478 e. The fraction of sp³-hybridized carbons (Fsp3) is 0.211. The molecule has 0 atom stereocenters. The van der Waals surface area contributed by atoms with Gasteiger partial charge < -0.3 is 14.9 Å². The fourth-order valence-electron chi connectivity index (χ4n) is 2.55. The number of aromatic carboxylic acids is 1. The Kier molecular flexibility index (Phi) is 4.52. The van der Waals surface area contributed by atoms with Crippen molar-refractivity contribution >= 4 is 22.8 Å². The molecule has 0 spiro atoms. The van der Waals surface area contributed by atoms with Crippen molar-refractivity contribution in [1.82, 2.24) is 10.5 Å². The summed E-state index contributed by atoms with van der Waals surface area (Å²) in [6.07, 6.45) is 0.128. The molecule has 6 nitrogen and oxygen atoms in total. The number of amides is 1. The molecule has 0 radical (unpaired) electrons. The van der Waals surface area contributed by atoms with Crippen molar-refractivity contribution in [3.63, 3.8) is 0 Å². The molecule has 3 aromatic rings. The Hall–Kier alpha value is -3.15. The Bertz CT molecular complexity index is 942. The molecular weight excluding hydrogens is 320 g/mol. The highest BCUT2D eigenvalue weighted by atomic mass is 16.5. The summed E-state index contributed by atoms with van der Waals surface area (Å²) in [4.78, 5) is 23.0. The number of carboxylic acid groups (broad SMARTS) is 1. The largest absolute Gasteiger partial charge is 0.478 e. The van der Waals surface area contributed by atoms with Crippen LogP contribution >= 0.6 is 0 Å². The van der Waals surface area contributed by atoms with Gasteiger partial charge in [0, 0.05) is 11.9 Å². The van der Waals surface area contributed by atoms with Crippen LogP contribution in [0.15, 0.2) is 40.9 Å². The average Bonchev–Trinajstić information content (AvgIpc) is 2.95. The molecule has 128 valence electrons. The first-order chi connectivity index (χ1) is 11.9. The van der Waals surface area contributed by atoms with Crippen LogP contribution in [0, 0.1) is 13.8 Å². The lowest BCUT2D eigenvalue weighted by Gasteiger charge is -2.05. The van der Waals surface area contributed by atoms with E-state index in [9.17, 15) is 9.59 Å². The van der Waals surface area contributed by atoms with E-state index < -0.39 is 5.97 Å². The minimum atomic E-state index is -0.973. The van der Waals surface area contributed by atoms with E-state index in [4.69, 9.17) is 9.63 Å². The first kappa shape index (κ1) is 16.7. The van der Waals surface area contributed by atoms with Gasteiger partial charge in [0.05, 0.1) is 12.0 Å². The van der Waals surface area contributed by atoms with Gasteiger partial charge in [-0.25, -0.2) is 4.79 Å². The molecule has 1 aromatic heterocycles. The summed E-state index contributed by atoms with van der Waals surface area (Å²) in [5.74, 6) is -1.14. The number of aromatic nitrogens is 1. The zero-order valence-corrected chi connectivity index (χ0v) is 14.0. The highest BCUT2D eigenvalue weighted by molar-refractivity contribution is 5.88. The van der Waals surface area contributed by atoms with Gasteiger partial charge in [0.1, 0.15) is 5.69 Å². The predicted molar refractivity (Wildman–Crippen MR) is 92.4 cm³/mol. The van der Waals surface area contributed by atoms with Crippen LogP contribution in [-0.4, -0.2) is 22.1 Å². The monoisotopic (exact) mass is 338 g/mol. The number of hydrogen-bond donors (Lipinski definition) is 2. The van der Waals surface area contributed by atoms with Gasteiger partial charge in [-0.15, -0.1) is 0 Å².